The Labute approximate surface area is 59.6 Å². The minimum absolute atomic E-state index is 0.0988. The van der Waals surface area contributed by atoms with Gasteiger partial charge in [0.15, 0.2) is 0 Å². The molecule has 2 atom stereocenters. The predicted molar refractivity (Wildman–Crippen MR) is 44.1 cm³/mol. The van der Waals surface area contributed by atoms with Gasteiger partial charge in [-0.2, -0.15) is 0 Å². The number of rotatable bonds is 4. The van der Waals surface area contributed by atoms with Crippen molar-refractivity contribution in [3.05, 3.63) is 0 Å². The van der Waals surface area contributed by atoms with Gasteiger partial charge in [-0.3, -0.25) is 4.79 Å². The second-order valence-electron chi connectivity index (χ2n) is 1.63. The van der Waals surface area contributed by atoms with Gasteiger partial charge in [-0.05, 0) is 12.6 Å². The van der Waals surface area contributed by atoms with Gasteiger partial charge in [-0.25, -0.2) is 0 Å². The maximum atomic E-state index is 10.5. The molecule has 0 saturated carbocycles. The van der Waals surface area contributed by atoms with E-state index in [1.165, 1.54) is 7.11 Å². The Morgan fingerprint density at radius 1 is 1.78 bits per heavy atom. The zero-order chi connectivity index (χ0) is 7.11. The average molecular weight is 166 g/mol. The monoisotopic (exact) mass is 166 g/mol. The summed E-state index contributed by atoms with van der Waals surface area (Å²) in [6.45, 7) is 0. The van der Waals surface area contributed by atoms with Crippen LogP contribution >= 0.6 is 17.2 Å². The van der Waals surface area contributed by atoms with Crippen molar-refractivity contribution in [1.82, 2.24) is 0 Å². The van der Waals surface area contributed by atoms with E-state index in [4.69, 9.17) is 0 Å². The number of methoxy groups -OCH3 is 1. The van der Waals surface area contributed by atoms with Crippen LogP contribution in [-0.2, 0) is 9.53 Å². The highest BCUT2D eigenvalue weighted by Crippen LogP contribution is 2.20. The zero-order valence-corrected chi connectivity index (χ0v) is 7.67. The van der Waals surface area contributed by atoms with Gasteiger partial charge in [0.1, 0.15) is 0 Å². The second-order valence-corrected chi connectivity index (χ2v) is 3.77. The number of hydrogen-bond donors (Lipinski definition) is 0. The molecule has 0 saturated heterocycles. The third-order valence-corrected chi connectivity index (χ3v) is 2.44. The average Bonchev–Trinajstić information content (AvgIpc) is 1.89. The SMILES string of the molecule is COC(=O)CCCPP. The molecule has 9 heavy (non-hydrogen) atoms. The first-order valence-corrected chi connectivity index (χ1v) is 5.83. The van der Waals surface area contributed by atoms with E-state index in [-0.39, 0.29) is 5.97 Å². The van der Waals surface area contributed by atoms with E-state index in [2.05, 4.69) is 13.7 Å². The van der Waals surface area contributed by atoms with Crippen LogP contribution in [0.5, 0.6) is 0 Å². The topological polar surface area (TPSA) is 26.3 Å². The molecule has 0 bridgehead atoms. The van der Waals surface area contributed by atoms with Crippen molar-refractivity contribution in [3.8, 4) is 0 Å². The molecule has 0 aromatic rings. The van der Waals surface area contributed by atoms with Crippen LogP contribution in [0, 0.1) is 0 Å². The maximum Gasteiger partial charge on any atom is 0.305 e. The lowest BCUT2D eigenvalue weighted by Crippen LogP contribution is -1.99. The van der Waals surface area contributed by atoms with Crippen molar-refractivity contribution in [1.29, 1.82) is 0 Å². The van der Waals surface area contributed by atoms with Crippen LogP contribution in [0.4, 0.5) is 0 Å². The van der Waals surface area contributed by atoms with E-state index >= 15 is 0 Å². The second kappa shape index (κ2) is 6.45. The summed E-state index contributed by atoms with van der Waals surface area (Å²) in [7, 11) is 4.94. The number of carbonyl (C=O) groups is 1. The molecule has 0 rings (SSSR count). The fourth-order valence-corrected chi connectivity index (χ4v) is 1.43. The lowest BCUT2D eigenvalue weighted by atomic mass is 10.3. The lowest BCUT2D eigenvalue weighted by molar-refractivity contribution is -0.140. The molecule has 0 aromatic heterocycles. The molecule has 4 heteroatoms. The summed E-state index contributed by atoms with van der Waals surface area (Å²) in [4.78, 5) is 10.5. The molecule has 2 unspecified atom stereocenters. The van der Waals surface area contributed by atoms with E-state index in [0.29, 0.717) is 6.42 Å². The van der Waals surface area contributed by atoms with Gasteiger partial charge in [-0.1, -0.05) is 0 Å². The number of hydrogen-bond acceptors (Lipinski definition) is 2. The van der Waals surface area contributed by atoms with Gasteiger partial charge in [0.25, 0.3) is 0 Å². The van der Waals surface area contributed by atoms with Gasteiger partial charge < -0.3 is 4.74 Å². The minimum Gasteiger partial charge on any atom is -0.469 e. The Balaban J connectivity index is 2.97. The summed E-state index contributed by atoms with van der Waals surface area (Å²) in [6, 6.07) is 0. The summed E-state index contributed by atoms with van der Waals surface area (Å²) in [5.74, 6) is -0.0988. The van der Waals surface area contributed by atoms with E-state index in [0.717, 1.165) is 20.9 Å². The first-order chi connectivity index (χ1) is 4.31. The molecule has 0 fully saturated rings. The summed E-state index contributed by atoms with van der Waals surface area (Å²) in [5, 5.41) is 0. The molecule has 0 amide bonds. The van der Waals surface area contributed by atoms with Crippen LogP contribution in [0.1, 0.15) is 12.8 Å². The van der Waals surface area contributed by atoms with Crippen molar-refractivity contribution in [2.75, 3.05) is 13.3 Å². The van der Waals surface area contributed by atoms with Crippen LogP contribution < -0.4 is 0 Å². The molecule has 0 aliphatic rings. The maximum absolute atomic E-state index is 10.5. The largest absolute Gasteiger partial charge is 0.469 e. The number of carbonyl (C=O) groups excluding carboxylic acids is 1. The van der Waals surface area contributed by atoms with Gasteiger partial charge in [0.05, 0.1) is 7.11 Å². The van der Waals surface area contributed by atoms with Crippen LogP contribution in [0.15, 0.2) is 0 Å². The smallest absolute Gasteiger partial charge is 0.305 e. The zero-order valence-electron chi connectivity index (χ0n) is 5.52. The third-order valence-electron chi connectivity index (χ3n) is 0.930. The third kappa shape index (κ3) is 6.21. The predicted octanol–water partition coefficient (Wildman–Crippen LogP) is 1.41. The summed E-state index contributed by atoms with van der Waals surface area (Å²) >= 11 is 0. The molecule has 0 spiro atoms. The van der Waals surface area contributed by atoms with Crippen molar-refractivity contribution in [2.24, 2.45) is 0 Å². The number of ether oxygens (including phenoxy) is 1. The van der Waals surface area contributed by atoms with E-state index in [1.807, 2.05) is 0 Å². The summed E-state index contributed by atoms with van der Waals surface area (Å²) in [5.41, 5.74) is 0. The van der Waals surface area contributed by atoms with Crippen molar-refractivity contribution < 1.29 is 9.53 Å². The Hall–Kier alpha value is 0.330. The normalized spacial score (nSPS) is 10.4. The molecule has 0 heterocycles. The molecule has 0 N–H and O–H groups in total. The minimum atomic E-state index is -0.0988. The molecule has 0 aromatic carbocycles. The van der Waals surface area contributed by atoms with Crippen LogP contribution in [0.25, 0.3) is 0 Å². The quantitative estimate of drug-likeness (QED) is 0.358. The molecule has 2 nitrogen and oxygen atoms in total. The molecule has 0 aliphatic heterocycles. The molecule has 0 radical (unpaired) electrons. The van der Waals surface area contributed by atoms with Crippen LogP contribution in [-0.4, -0.2) is 19.2 Å². The van der Waals surface area contributed by atoms with Crippen LogP contribution in [0.3, 0.4) is 0 Å². The Morgan fingerprint density at radius 2 is 2.44 bits per heavy atom. The highest BCUT2D eigenvalue weighted by molar-refractivity contribution is 8.02. The first-order valence-electron chi connectivity index (χ1n) is 2.81. The molecule has 54 valence electrons. The first kappa shape index (κ1) is 9.33. The Kier molecular flexibility index (Phi) is 6.69. The van der Waals surface area contributed by atoms with Gasteiger partial charge in [-0.15, -0.1) is 17.2 Å². The Morgan fingerprint density at radius 3 is 2.89 bits per heavy atom. The van der Waals surface area contributed by atoms with Gasteiger partial charge >= 0.3 is 5.97 Å². The van der Waals surface area contributed by atoms with Gasteiger partial charge in [0.2, 0.25) is 0 Å². The highest BCUT2D eigenvalue weighted by Gasteiger charge is 1.96. The number of esters is 1. The fourth-order valence-electron chi connectivity index (χ4n) is 0.437. The van der Waals surface area contributed by atoms with Crippen molar-refractivity contribution in [2.45, 2.75) is 12.8 Å². The fraction of sp³-hybridized carbons (Fsp3) is 0.800. The van der Waals surface area contributed by atoms with Crippen LogP contribution in [0.2, 0.25) is 0 Å². The molecular formula is C5H12O2P2. The lowest BCUT2D eigenvalue weighted by Gasteiger charge is -1.95. The summed E-state index contributed by atoms with van der Waals surface area (Å²) < 4.78 is 4.45. The Bertz CT molecular complexity index is 85.0. The van der Waals surface area contributed by atoms with Crippen molar-refractivity contribution >= 4 is 23.2 Å². The van der Waals surface area contributed by atoms with Crippen molar-refractivity contribution in [3.63, 3.8) is 0 Å². The standard InChI is InChI=1S/C5H12O2P2/c1-7-5(6)3-2-4-9-8/h9H,2-4,8H2,1H3. The van der Waals surface area contributed by atoms with E-state index in [9.17, 15) is 4.79 Å². The van der Waals surface area contributed by atoms with E-state index < -0.39 is 0 Å². The molecule has 0 aliphatic carbocycles. The molecular weight excluding hydrogens is 154 g/mol. The summed E-state index contributed by atoms with van der Waals surface area (Å²) in [6.07, 6.45) is 2.63. The van der Waals surface area contributed by atoms with Gasteiger partial charge in [0, 0.05) is 6.42 Å². The highest BCUT2D eigenvalue weighted by atomic mass is 32.0. The van der Waals surface area contributed by atoms with E-state index in [1.54, 1.807) is 0 Å².